The normalized spacial score (nSPS) is 19.2. The summed E-state index contributed by atoms with van der Waals surface area (Å²) in [6, 6.07) is 8.40. The van der Waals surface area contributed by atoms with Gasteiger partial charge >= 0.3 is 0 Å². The van der Waals surface area contributed by atoms with Crippen LogP contribution >= 0.6 is 0 Å². The highest BCUT2D eigenvalue weighted by Crippen LogP contribution is 2.25. The van der Waals surface area contributed by atoms with E-state index in [1.54, 1.807) is 0 Å². The first kappa shape index (κ1) is 13.1. The fourth-order valence-corrected chi connectivity index (χ4v) is 2.38. The van der Waals surface area contributed by atoms with E-state index >= 15 is 0 Å². The van der Waals surface area contributed by atoms with E-state index in [0.29, 0.717) is 6.54 Å². The Morgan fingerprint density at radius 2 is 2.06 bits per heavy atom. The molecule has 0 saturated carbocycles. The van der Waals surface area contributed by atoms with Gasteiger partial charge in [0.25, 0.3) is 0 Å². The van der Waals surface area contributed by atoms with Crippen molar-refractivity contribution in [1.82, 2.24) is 5.32 Å². The highest BCUT2D eigenvalue weighted by atomic mass is 16.1. The summed E-state index contributed by atoms with van der Waals surface area (Å²) in [5.41, 5.74) is 8.24. The van der Waals surface area contributed by atoms with Gasteiger partial charge in [0.15, 0.2) is 0 Å². The highest BCUT2D eigenvalue weighted by Gasteiger charge is 2.25. The number of aryl methyl sites for hydroxylation is 1. The lowest BCUT2D eigenvalue weighted by molar-refractivity contribution is -0.125. The molecule has 0 heterocycles. The predicted molar refractivity (Wildman–Crippen MR) is 73.2 cm³/mol. The molecule has 0 aliphatic heterocycles. The molecule has 0 saturated heterocycles. The molecule has 1 amide bonds. The van der Waals surface area contributed by atoms with Gasteiger partial charge in [-0.1, -0.05) is 24.3 Å². The Labute approximate surface area is 109 Å². The van der Waals surface area contributed by atoms with Crippen LogP contribution in [-0.2, 0) is 17.6 Å². The summed E-state index contributed by atoms with van der Waals surface area (Å²) in [4.78, 5) is 12.1. The van der Waals surface area contributed by atoms with Crippen LogP contribution in [0.5, 0.6) is 0 Å². The number of fused-ring (bicyclic) bond motifs is 1. The Morgan fingerprint density at radius 1 is 1.39 bits per heavy atom. The second kappa shape index (κ2) is 5.11. The number of benzene rings is 1. The fourth-order valence-electron chi connectivity index (χ4n) is 2.38. The van der Waals surface area contributed by atoms with Gasteiger partial charge in [0.2, 0.25) is 5.91 Å². The maximum Gasteiger partial charge on any atom is 0.223 e. The molecule has 1 aromatic carbocycles. The average molecular weight is 246 g/mol. The molecule has 2 rings (SSSR count). The Balaban J connectivity index is 1.95. The van der Waals surface area contributed by atoms with Gasteiger partial charge in [0.1, 0.15) is 0 Å². The molecule has 1 unspecified atom stereocenters. The Bertz CT molecular complexity index is 434. The molecule has 98 valence electrons. The fraction of sp³-hybridized carbons (Fsp3) is 0.533. The molecule has 0 aromatic heterocycles. The van der Waals surface area contributed by atoms with Crippen molar-refractivity contribution in [1.29, 1.82) is 0 Å². The largest absolute Gasteiger partial charge is 0.354 e. The van der Waals surface area contributed by atoms with E-state index in [1.807, 2.05) is 19.9 Å². The van der Waals surface area contributed by atoms with Crippen molar-refractivity contribution in [2.45, 2.75) is 38.6 Å². The highest BCUT2D eigenvalue weighted by molar-refractivity contribution is 5.79. The molecule has 1 aliphatic carbocycles. The molecule has 0 fully saturated rings. The maximum absolute atomic E-state index is 12.1. The van der Waals surface area contributed by atoms with Crippen molar-refractivity contribution in [3.05, 3.63) is 35.4 Å². The summed E-state index contributed by atoms with van der Waals surface area (Å²) < 4.78 is 0. The van der Waals surface area contributed by atoms with E-state index in [0.717, 1.165) is 19.3 Å². The molecular formula is C15H22N2O. The molecule has 0 spiro atoms. The predicted octanol–water partition coefficient (Wildman–Crippen LogP) is 1.64. The van der Waals surface area contributed by atoms with E-state index in [9.17, 15) is 4.79 Å². The SMILES string of the molecule is CC(C)(N)CNC(=O)C1CCc2ccccc2C1. The first-order chi connectivity index (χ1) is 8.46. The lowest BCUT2D eigenvalue weighted by Crippen LogP contribution is -2.47. The van der Waals surface area contributed by atoms with Gasteiger partial charge in [0.05, 0.1) is 0 Å². The van der Waals surface area contributed by atoms with Gasteiger partial charge < -0.3 is 11.1 Å². The third-order valence-electron chi connectivity index (χ3n) is 3.44. The van der Waals surface area contributed by atoms with E-state index in [4.69, 9.17) is 5.73 Å². The van der Waals surface area contributed by atoms with Gasteiger partial charge in [-0.3, -0.25) is 4.79 Å². The van der Waals surface area contributed by atoms with Crippen LogP contribution in [0.2, 0.25) is 0 Å². The van der Waals surface area contributed by atoms with Gasteiger partial charge in [-0.2, -0.15) is 0 Å². The third kappa shape index (κ3) is 3.33. The van der Waals surface area contributed by atoms with E-state index < -0.39 is 0 Å². The molecule has 3 N–H and O–H groups in total. The summed E-state index contributed by atoms with van der Waals surface area (Å²) in [5, 5.41) is 2.96. The molecule has 18 heavy (non-hydrogen) atoms. The lowest BCUT2D eigenvalue weighted by atomic mass is 9.83. The summed E-state index contributed by atoms with van der Waals surface area (Å²) >= 11 is 0. The van der Waals surface area contributed by atoms with Gasteiger partial charge in [0, 0.05) is 18.0 Å². The average Bonchev–Trinajstić information content (AvgIpc) is 2.34. The molecule has 3 heteroatoms. The van der Waals surface area contributed by atoms with Crippen LogP contribution in [0.15, 0.2) is 24.3 Å². The number of nitrogens with one attached hydrogen (secondary N) is 1. The molecule has 1 atom stereocenters. The molecule has 1 aliphatic rings. The van der Waals surface area contributed by atoms with E-state index in [1.165, 1.54) is 11.1 Å². The number of carbonyl (C=O) groups excluding carboxylic acids is 1. The standard InChI is InChI=1S/C15H22N2O/c1-15(2,16)10-17-14(18)13-8-7-11-5-3-4-6-12(11)9-13/h3-6,13H,7-10,16H2,1-2H3,(H,17,18). The number of carbonyl (C=O) groups is 1. The van der Waals surface area contributed by atoms with Gasteiger partial charge in [-0.05, 0) is 44.2 Å². The maximum atomic E-state index is 12.1. The molecule has 3 nitrogen and oxygen atoms in total. The summed E-state index contributed by atoms with van der Waals surface area (Å²) in [5.74, 6) is 0.241. The van der Waals surface area contributed by atoms with Crippen molar-refractivity contribution < 1.29 is 4.79 Å². The number of nitrogens with two attached hydrogens (primary N) is 1. The number of rotatable bonds is 3. The van der Waals surface area contributed by atoms with Crippen molar-refractivity contribution in [3.8, 4) is 0 Å². The molecule has 0 bridgehead atoms. The Kier molecular flexibility index (Phi) is 3.71. The first-order valence-corrected chi connectivity index (χ1v) is 6.59. The number of hydrogen-bond acceptors (Lipinski definition) is 2. The van der Waals surface area contributed by atoms with Gasteiger partial charge in [-0.25, -0.2) is 0 Å². The minimum Gasteiger partial charge on any atom is -0.354 e. The van der Waals surface area contributed by atoms with E-state index in [-0.39, 0.29) is 17.4 Å². The van der Waals surface area contributed by atoms with Crippen LogP contribution in [0.25, 0.3) is 0 Å². The van der Waals surface area contributed by atoms with Crippen LogP contribution in [0.4, 0.5) is 0 Å². The van der Waals surface area contributed by atoms with Crippen LogP contribution in [0.1, 0.15) is 31.4 Å². The molecule has 1 aromatic rings. The summed E-state index contributed by atoms with van der Waals surface area (Å²) in [6.07, 6.45) is 2.79. The van der Waals surface area contributed by atoms with Crippen LogP contribution in [0.3, 0.4) is 0 Å². The van der Waals surface area contributed by atoms with Gasteiger partial charge in [-0.15, -0.1) is 0 Å². The second-order valence-electron chi connectivity index (χ2n) is 5.91. The number of amides is 1. The zero-order chi connectivity index (χ0) is 13.2. The smallest absolute Gasteiger partial charge is 0.223 e. The second-order valence-corrected chi connectivity index (χ2v) is 5.91. The topological polar surface area (TPSA) is 55.1 Å². The summed E-state index contributed by atoms with van der Waals surface area (Å²) in [6.45, 7) is 4.37. The minimum absolute atomic E-state index is 0.0993. The van der Waals surface area contributed by atoms with E-state index in [2.05, 4.69) is 23.5 Å². The van der Waals surface area contributed by atoms with Crippen molar-refractivity contribution in [2.24, 2.45) is 11.7 Å². The van der Waals surface area contributed by atoms with Crippen LogP contribution in [-0.4, -0.2) is 18.0 Å². The number of hydrogen-bond donors (Lipinski definition) is 2. The first-order valence-electron chi connectivity index (χ1n) is 6.59. The van der Waals surface area contributed by atoms with Crippen LogP contribution < -0.4 is 11.1 Å². The summed E-state index contributed by atoms with van der Waals surface area (Å²) in [7, 11) is 0. The van der Waals surface area contributed by atoms with Crippen molar-refractivity contribution in [3.63, 3.8) is 0 Å². The third-order valence-corrected chi connectivity index (χ3v) is 3.44. The Morgan fingerprint density at radius 3 is 2.72 bits per heavy atom. The van der Waals surface area contributed by atoms with Crippen molar-refractivity contribution >= 4 is 5.91 Å². The minimum atomic E-state index is -0.345. The monoisotopic (exact) mass is 246 g/mol. The lowest BCUT2D eigenvalue weighted by Gasteiger charge is -2.26. The zero-order valence-electron chi connectivity index (χ0n) is 11.2. The molecule has 0 radical (unpaired) electrons. The zero-order valence-corrected chi connectivity index (χ0v) is 11.2. The van der Waals surface area contributed by atoms with Crippen molar-refractivity contribution in [2.75, 3.05) is 6.54 Å². The quantitative estimate of drug-likeness (QED) is 0.852. The van der Waals surface area contributed by atoms with Crippen LogP contribution in [0, 0.1) is 5.92 Å². The molecular weight excluding hydrogens is 224 g/mol. The Hall–Kier alpha value is -1.35.